The van der Waals surface area contributed by atoms with Gasteiger partial charge < -0.3 is 9.47 Å². The summed E-state index contributed by atoms with van der Waals surface area (Å²) in [5, 5.41) is 1.72. The second kappa shape index (κ2) is 6.25. The van der Waals surface area contributed by atoms with Crippen molar-refractivity contribution >= 4 is 50.7 Å². The Balaban J connectivity index is 2.07. The Morgan fingerprint density at radius 3 is 2.10 bits per heavy atom. The molecule has 0 saturated heterocycles. The van der Waals surface area contributed by atoms with Crippen LogP contribution in [0.3, 0.4) is 0 Å². The third-order valence-corrected chi connectivity index (χ3v) is 5.13. The fraction of sp³-hybridized carbons (Fsp3) is 0.200. The standard InChI is InChI=1S/C15H10BrCl3O2/c16-15(14-9(17)2-1-3-10(14)18)8-6-12-13(7-11(8)19)21-5-4-20-12/h1-3,6-7,15H,4-5H2. The molecule has 1 unspecified atom stereocenters. The van der Waals surface area contributed by atoms with Gasteiger partial charge >= 0.3 is 0 Å². The van der Waals surface area contributed by atoms with E-state index in [2.05, 4.69) is 15.9 Å². The van der Waals surface area contributed by atoms with Crippen molar-refractivity contribution in [2.75, 3.05) is 13.2 Å². The lowest BCUT2D eigenvalue weighted by Gasteiger charge is -2.22. The van der Waals surface area contributed by atoms with E-state index in [1.807, 2.05) is 6.07 Å². The van der Waals surface area contributed by atoms with Crippen LogP contribution in [0.15, 0.2) is 30.3 Å². The van der Waals surface area contributed by atoms with Gasteiger partial charge in [0.15, 0.2) is 11.5 Å². The van der Waals surface area contributed by atoms with Crippen molar-refractivity contribution in [3.05, 3.63) is 56.5 Å². The molecule has 0 aliphatic carbocycles. The summed E-state index contributed by atoms with van der Waals surface area (Å²) < 4.78 is 11.1. The first kappa shape index (κ1) is 15.3. The lowest BCUT2D eigenvalue weighted by atomic mass is 10.0. The molecule has 0 bridgehead atoms. The van der Waals surface area contributed by atoms with Crippen LogP contribution >= 0.6 is 50.7 Å². The predicted octanol–water partition coefficient (Wildman–Crippen LogP) is 5.90. The molecule has 0 amide bonds. The average molecular weight is 409 g/mol. The Hall–Kier alpha value is -0.610. The lowest BCUT2D eigenvalue weighted by molar-refractivity contribution is 0.171. The zero-order valence-electron chi connectivity index (χ0n) is 10.7. The number of alkyl halides is 1. The van der Waals surface area contributed by atoms with Gasteiger partial charge in [0, 0.05) is 26.7 Å². The molecule has 0 radical (unpaired) electrons. The van der Waals surface area contributed by atoms with Crippen molar-refractivity contribution in [2.24, 2.45) is 0 Å². The summed E-state index contributed by atoms with van der Waals surface area (Å²) in [6, 6.07) is 9.01. The molecule has 1 heterocycles. The summed E-state index contributed by atoms with van der Waals surface area (Å²) in [4.78, 5) is -0.234. The van der Waals surface area contributed by atoms with E-state index in [-0.39, 0.29) is 4.83 Å². The van der Waals surface area contributed by atoms with E-state index in [0.717, 1.165) is 11.1 Å². The van der Waals surface area contributed by atoms with Gasteiger partial charge in [0.1, 0.15) is 13.2 Å². The van der Waals surface area contributed by atoms with Crippen LogP contribution < -0.4 is 9.47 Å². The quantitative estimate of drug-likeness (QED) is 0.576. The number of hydrogen-bond acceptors (Lipinski definition) is 2. The average Bonchev–Trinajstić information content (AvgIpc) is 2.46. The summed E-state index contributed by atoms with van der Waals surface area (Å²) in [6.07, 6.45) is 0. The van der Waals surface area contributed by atoms with E-state index < -0.39 is 0 Å². The maximum Gasteiger partial charge on any atom is 0.162 e. The van der Waals surface area contributed by atoms with Crippen LogP contribution in [0.5, 0.6) is 11.5 Å². The number of ether oxygens (including phenoxy) is 2. The van der Waals surface area contributed by atoms with Gasteiger partial charge in [0.2, 0.25) is 0 Å². The molecule has 0 aromatic heterocycles. The van der Waals surface area contributed by atoms with E-state index >= 15 is 0 Å². The number of fused-ring (bicyclic) bond motifs is 1. The topological polar surface area (TPSA) is 18.5 Å². The highest BCUT2D eigenvalue weighted by Gasteiger charge is 2.23. The van der Waals surface area contributed by atoms with Crippen LogP contribution in [-0.4, -0.2) is 13.2 Å². The van der Waals surface area contributed by atoms with Gasteiger partial charge in [0.05, 0.1) is 4.83 Å². The Labute approximate surface area is 146 Å². The minimum atomic E-state index is -0.234. The van der Waals surface area contributed by atoms with Gasteiger partial charge in [-0.25, -0.2) is 0 Å². The molecule has 2 nitrogen and oxygen atoms in total. The van der Waals surface area contributed by atoms with Crippen molar-refractivity contribution in [1.29, 1.82) is 0 Å². The fourth-order valence-electron chi connectivity index (χ4n) is 2.18. The molecule has 0 N–H and O–H groups in total. The lowest BCUT2D eigenvalue weighted by Crippen LogP contribution is -2.15. The van der Waals surface area contributed by atoms with Crippen molar-refractivity contribution < 1.29 is 9.47 Å². The minimum absolute atomic E-state index is 0.234. The third-order valence-electron chi connectivity index (χ3n) is 3.19. The predicted molar refractivity (Wildman–Crippen MR) is 89.7 cm³/mol. The molecule has 0 fully saturated rings. The summed E-state index contributed by atoms with van der Waals surface area (Å²) in [5.74, 6) is 1.33. The molecule has 2 aromatic rings. The first-order chi connectivity index (χ1) is 10.1. The van der Waals surface area contributed by atoms with Gasteiger partial charge in [-0.2, -0.15) is 0 Å². The molecule has 0 saturated carbocycles. The van der Waals surface area contributed by atoms with Crippen molar-refractivity contribution in [3.8, 4) is 11.5 Å². The van der Waals surface area contributed by atoms with Gasteiger partial charge in [0.25, 0.3) is 0 Å². The molecule has 0 spiro atoms. The summed E-state index contributed by atoms with van der Waals surface area (Å²) in [5.41, 5.74) is 1.61. The largest absolute Gasteiger partial charge is 0.486 e. The highest BCUT2D eigenvalue weighted by Crippen LogP contribution is 2.45. The summed E-state index contributed by atoms with van der Waals surface area (Å²) in [6.45, 7) is 1.05. The van der Waals surface area contributed by atoms with Gasteiger partial charge in [-0.1, -0.05) is 56.8 Å². The van der Waals surface area contributed by atoms with Crippen LogP contribution in [0.2, 0.25) is 15.1 Å². The van der Waals surface area contributed by atoms with Gasteiger partial charge in [-0.3, -0.25) is 0 Å². The SMILES string of the molecule is Clc1cc2c(cc1C(Br)c1c(Cl)cccc1Cl)OCCO2. The molecular weight excluding hydrogens is 398 g/mol. The molecule has 6 heteroatoms. The van der Waals surface area contributed by atoms with Gasteiger partial charge in [-0.15, -0.1) is 0 Å². The van der Waals surface area contributed by atoms with E-state index in [9.17, 15) is 0 Å². The Kier molecular flexibility index (Phi) is 4.55. The smallest absolute Gasteiger partial charge is 0.162 e. The Morgan fingerprint density at radius 1 is 0.905 bits per heavy atom. The van der Waals surface area contributed by atoms with E-state index in [0.29, 0.717) is 39.8 Å². The van der Waals surface area contributed by atoms with Crippen molar-refractivity contribution in [3.63, 3.8) is 0 Å². The number of hydrogen-bond donors (Lipinski definition) is 0. The number of rotatable bonds is 2. The zero-order valence-corrected chi connectivity index (χ0v) is 14.6. The van der Waals surface area contributed by atoms with Gasteiger partial charge in [-0.05, 0) is 23.8 Å². The van der Waals surface area contributed by atoms with Crippen LogP contribution in [0.25, 0.3) is 0 Å². The van der Waals surface area contributed by atoms with Crippen molar-refractivity contribution in [1.82, 2.24) is 0 Å². The first-order valence-corrected chi connectivity index (χ1v) is 8.30. The highest BCUT2D eigenvalue weighted by atomic mass is 79.9. The molecular formula is C15H10BrCl3O2. The van der Waals surface area contributed by atoms with Crippen molar-refractivity contribution in [2.45, 2.75) is 4.83 Å². The van der Waals surface area contributed by atoms with Crippen LogP contribution in [0, 0.1) is 0 Å². The molecule has 110 valence electrons. The fourth-order valence-corrected chi connectivity index (χ4v) is 4.33. The second-order valence-electron chi connectivity index (χ2n) is 4.52. The molecule has 1 atom stereocenters. The molecule has 1 aliphatic heterocycles. The van der Waals surface area contributed by atoms with Crippen LogP contribution in [-0.2, 0) is 0 Å². The number of benzene rings is 2. The maximum absolute atomic E-state index is 6.36. The molecule has 21 heavy (non-hydrogen) atoms. The maximum atomic E-state index is 6.36. The van der Waals surface area contributed by atoms with Crippen LogP contribution in [0.4, 0.5) is 0 Å². The summed E-state index contributed by atoms with van der Waals surface area (Å²) in [7, 11) is 0. The number of halogens is 4. The minimum Gasteiger partial charge on any atom is -0.486 e. The highest BCUT2D eigenvalue weighted by molar-refractivity contribution is 9.09. The second-order valence-corrected chi connectivity index (χ2v) is 6.65. The monoisotopic (exact) mass is 406 g/mol. The Bertz CT molecular complexity index is 671. The molecule has 3 rings (SSSR count). The van der Waals surface area contributed by atoms with E-state index in [1.165, 1.54) is 0 Å². The normalized spacial score (nSPS) is 14.9. The first-order valence-electron chi connectivity index (χ1n) is 6.25. The molecule has 1 aliphatic rings. The zero-order chi connectivity index (χ0) is 15.0. The molecule has 2 aromatic carbocycles. The van der Waals surface area contributed by atoms with Crippen LogP contribution in [0.1, 0.15) is 16.0 Å². The Morgan fingerprint density at radius 2 is 1.48 bits per heavy atom. The van der Waals surface area contributed by atoms with E-state index in [4.69, 9.17) is 44.3 Å². The van der Waals surface area contributed by atoms with E-state index in [1.54, 1.807) is 24.3 Å². The third kappa shape index (κ3) is 2.98. The summed E-state index contributed by atoms with van der Waals surface area (Å²) >= 11 is 22.5.